The van der Waals surface area contributed by atoms with E-state index in [1.54, 1.807) is 6.07 Å². The van der Waals surface area contributed by atoms with Gasteiger partial charge < -0.3 is 19.5 Å². The van der Waals surface area contributed by atoms with Crippen LogP contribution in [-0.4, -0.2) is 80.1 Å². The fourth-order valence-corrected chi connectivity index (χ4v) is 3.92. The van der Waals surface area contributed by atoms with Crippen molar-refractivity contribution in [3.05, 3.63) is 29.3 Å². The Morgan fingerprint density at radius 1 is 0.973 bits per heavy atom. The molecule has 1 aromatic carbocycles. The van der Waals surface area contributed by atoms with E-state index in [9.17, 15) is 24.0 Å². The van der Waals surface area contributed by atoms with Crippen molar-refractivity contribution in [2.75, 3.05) is 45.0 Å². The monoisotopic (exact) mass is 517 g/mol. The minimum atomic E-state index is -1.07. The molecule has 1 aromatic rings. The Balaban J connectivity index is 1.39. The Morgan fingerprint density at radius 2 is 1.62 bits per heavy atom. The summed E-state index contributed by atoms with van der Waals surface area (Å²) >= 11 is 0. The number of nitrogens with zero attached hydrogens (tertiary/aromatic N) is 1. The maximum Gasteiger partial charge on any atom is 0.264 e. The Morgan fingerprint density at radius 3 is 2.27 bits per heavy atom. The summed E-state index contributed by atoms with van der Waals surface area (Å²) in [5.41, 5.74) is 0.559. The van der Waals surface area contributed by atoms with Crippen molar-refractivity contribution in [2.24, 2.45) is 5.41 Å². The second-order valence-electron chi connectivity index (χ2n) is 10.1. The topological polar surface area (TPSA) is 140 Å². The van der Waals surface area contributed by atoms with Gasteiger partial charge in [0.2, 0.25) is 17.7 Å². The summed E-state index contributed by atoms with van der Waals surface area (Å²) in [4.78, 5) is 62.9. The van der Waals surface area contributed by atoms with Gasteiger partial charge in [0.15, 0.2) is 0 Å². The lowest BCUT2D eigenvalue weighted by molar-refractivity contribution is -0.136. The van der Waals surface area contributed by atoms with Crippen molar-refractivity contribution in [3.63, 3.8) is 0 Å². The van der Waals surface area contributed by atoms with E-state index in [1.165, 1.54) is 12.1 Å². The van der Waals surface area contributed by atoms with Crippen LogP contribution in [0.2, 0.25) is 0 Å². The summed E-state index contributed by atoms with van der Waals surface area (Å²) in [6.45, 7) is 9.02. The summed E-state index contributed by atoms with van der Waals surface area (Å²) in [7, 11) is 0. The summed E-state index contributed by atoms with van der Waals surface area (Å²) in [5.74, 6) is -2.83. The number of hydrogen-bond acceptors (Lipinski definition) is 8. The molecule has 0 spiro atoms. The third-order valence-electron chi connectivity index (χ3n) is 5.96. The molecule has 1 atom stereocenters. The number of carbonyl (C=O) groups is 5. The van der Waals surface area contributed by atoms with Crippen molar-refractivity contribution in [3.8, 4) is 0 Å². The average molecular weight is 518 g/mol. The molecule has 2 N–H and O–H groups in total. The van der Waals surface area contributed by atoms with Crippen LogP contribution < -0.4 is 10.6 Å². The van der Waals surface area contributed by atoms with Gasteiger partial charge in [-0.1, -0.05) is 26.8 Å². The molecule has 37 heavy (non-hydrogen) atoms. The largest absolute Gasteiger partial charge is 0.379 e. The van der Waals surface area contributed by atoms with Crippen molar-refractivity contribution in [2.45, 2.75) is 52.5 Å². The fourth-order valence-electron chi connectivity index (χ4n) is 3.92. The van der Waals surface area contributed by atoms with E-state index < -0.39 is 29.7 Å². The molecule has 1 saturated heterocycles. The number of ether oxygens (including phenoxy) is 3. The van der Waals surface area contributed by atoms with E-state index in [0.717, 1.165) is 11.3 Å². The predicted molar refractivity (Wildman–Crippen MR) is 133 cm³/mol. The fraction of sp³-hybridized carbons (Fsp3) is 0.577. The molecule has 0 bridgehead atoms. The third-order valence-corrected chi connectivity index (χ3v) is 5.96. The Hall–Kier alpha value is -3.15. The summed E-state index contributed by atoms with van der Waals surface area (Å²) in [6.07, 6.45) is 1.11. The lowest BCUT2D eigenvalue weighted by atomic mass is 9.93. The predicted octanol–water partition coefficient (Wildman–Crippen LogP) is 1.90. The minimum absolute atomic E-state index is 0.0314. The first kappa shape index (κ1) is 28.4. The van der Waals surface area contributed by atoms with Gasteiger partial charge in [-0.2, -0.15) is 0 Å². The van der Waals surface area contributed by atoms with Crippen LogP contribution in [0.5, 0.6) is 0 Å². The van der Waals surface area contributed by atoms with Crippen LogP contribution in [0.4, 0.5) is 5.69 Å². The van der Waals surface area contributed by atoms with Crippen LogP contribution in [-0.2, 0) is 28.6 Å². The molecule has 2 heterocycles. The SMILES string of the molecule is CC(C)(C)CCOCCOCCOCCC(=O)Nc1cccc2c1C(=O)N(C1CCC(=O)NC1=O)C2=O. The van der Waals surface area contributed by atoms with Gasteiger partial charge >= 0.3 is 0 Å². The zero-order chi connectivity index (χ0) is 27.0. The lowest BCUT2D eigenvalue weighted by Crippen LogP contribution is -2.54. The number of benzene rings is 1. The number of carbonyl (C=O) groups excluding carboxylic acids is 5. The van der Waals surface area contributed by atoms with Crippen LogP contribution in [0, 0.1) is 5.41 Å². The van der Waals surface area contributed by atoms with Gasteiger partial charge in [-0.15, -0.1) is 0 Å². The first-order chi connectivity index (χ1) is 17.6. The molecule has 0 aliphatic carbocycles. The Bertz CT molecular complexity index is 1030. The second kappa shape index (κ2) is 12.9. The highest BCUT2D eigenvalue weighted by atomic mass is 16.5. The van der Waals surface area contributed by atoms with Crippen LogP contribution in [0.3, 0.4) is 0 Å². The molecule has 2 aliphatic rings. The molecule has 202 valence electrons. The number of anilines is 1. The minimum Gasteiger partial charge on any atom is -0.379 e. The van der Waals surface area contributed by atoms with Crippen LogP contribution >= 0.6 is 0 Å². The zero-order valence-electron chi connectivity index (χ0n) is 21.6. The number of hydrogen-bond donors (Lipinski definition) is 2. The van der Waals surface area contributed by atoms with E-state index >= 15 is 0 Å². The summed E-state index contributed by atoms with van der Waals surface area (Å²) in [6, 6.07) is 3.47. The van der Waals surface area contributed by atoms with Gasteiger partial charge in [-0.3, -0.25) is 34.2 Å². The van der Waals surface area contributed by atoms with Gasteiger partial charge in [0, 0.05) is 13.0 Å². The standard InChI is InChI=1S/C26H35N3O8/c1-26(2,3)10-12-36-14-16-37-15-13-35-11-9-21(31)27-18-6-4-5-17-22(18)25(34)29(24(17)33)19-7-8-20(30)28-23(19)32/h4-6,19H,7-16H2,1-3H3,(H,27,31)(H,28,30,32). The van der Waals surface area contributed by atoms with Crippen LogP contribution in [0.15, 0.2) is 18.2 Å². The van der Waals surface area contributed by atoms with E-state index in [1.807, 2.05) is 0 Å². The normalized spacial score (nSPS) is 17.7. The van der Waals surface area contributed by atoms with Crippen molar-refractivity contribution < 1.29 is 38.2 Å². The molecular formula is C26H35N3O8. The van der Waals surface area contributed by atoms with E-state index in [4.69, 9.17) is 14.2 Å². The van der Waals surface area contributed by atoms with Crippen LogP contribution in [0.25, 0.3) is 0 Å². The molecule has 2 aliphatic heterocycles. The maximum atomic E-state index is 13.1. The Labute approximate surface area is 216 Å². The summed E-state index contributed by atoms with van der Waals surface area (Å²) in [5, 5.41) is 4.81. The van der Waals surface area contributed by atoms with Crippen LogP contribution in [0.1, 0.15) is 67.2 Å². The number of rotatable bonds is 13. The quantitative estimate of drug-likeness (QED) is 0.299. The van der Waals surface area contributed by atoms with Crippen molar-refractivity contribution >= 4 is 35.2 Å². The highest BCUT2D eigenvalue weighted by Crippen LogP contribution is 2.32. The number of amides is 5. The second-order valence-corrected chi connectivity index (χ2v) is 10.1. The molecule has 1 fully saturated rings. The molecule has 3 rings (SSSR count). The van der Waals surface area contributed by atoms with E-state index in [2.05, 4.69) is 31.4 Å². The maximum absolute atomic E-state index is 13.1. The zero-order valence-corrected chi connectivity index (χ0v) is 21.6. The molecule has 0 saturated carbocycles. The molecule has 0 aromatic heterocycles. The van der Waals surface area contributed by atoms with Gasteiger partial charge in [-0.05, 0) is 30.4 Å². The number of nitrogens with one attached hydrogen (secondary N) is 2. The molecule has 11 nitrogen and oxygen atoms in total. The van der Waals surface area contributed by atoms with Gasteiger partial charge in [0.25, 0.3) is 11.8 Å². The van der Waals surface area contributed by atoms with E-state index in [-0.39, 0.29) is 54.0 Å². The number of fused-ring (bicyclic) bond motifs is 1. The Kier molecular flexibility index (Phi) is 9.90. The highest BCUT2D eigenvalue weighted by molar-refractivity contribution is 6.26. The smallest absolute Gasteiger partial charge is 0.264 e. The van der Waals surface area contributed by atoms with Crippen molar-refractivity contribution in [1.82, 2.24) is 10.2 Å². The molecule has 5 amide bonds. The first-order valence-electron chi connectivity index (χ1n) is 12.5. The summed E-state index contributed by atoms with van der Waals surface area (Å²) < 4.78 is 16.4. The molecular weight excluding hydrogens is 482 g/mol. The third kappa shape index (κ3) is 7.91. The van der Waals surface area contributed by atoms with Gasteiger partial charge in [-0.25, -0.2) is 0 Å². The lowest BCUT2D eigenvalue weighted by Gasteiger charge is -2.27. The number of imide groups is 2. The highest BCUT2D eigenvalue weighted by Gasteiger charge is 2.45. The molecule has 1 unspecified atom stereocenters. The first-order valence-corrected chi connectivity index (χ1v) is 12.5. The van der Waals surface area contributed by atoms with Gasteiger partial charge in [0.05, 0.1) is 56.3 Å². The molecule has 0 radical (unpaired) electrons. The van der Waals surface area contributed by atoms with Crippen molar-refractivity contribution in [1.29, 1.82) is 0 Å². The number of piperidine rings is 1. The van der Waals surface area contributed by atoms with E-state index in [0.29, 0.717) is 33.0 Å². The molecule has 11 heteroatoms. The van der Waals surface area contributed by atoms with Gasteiger partial charge in [0.1, 0.15) is 6.04 Å². The average Bonchev–Trinajstić information content (AvgIpc) is 3.07.